The zero-order valence-corrected chi connectivity index (χ0v) is 23.3. The predicted octanol–water partition coefficient (Wildman–Crippen LogP) is -9.16. The molecule has 1 aliphatic rings. The van der Waals surface area contributed by atoms with E-state index in [4.69, 9.17) is 0 Å². The number of hydrogen-bond donors (Lipinski definition) is 0. The van der Waals surface area contributed by atoms with Gasteiger partial charge < -0.3 is 0 Å². The van der Waals surface area contributed by atoms with E-state index in [2.05, 4.69) is 0 Å². The van der Waals surface area contributed by atoms with Crippen molar-refractivity contribution >= 4 is 85.5 Å². The summed E-state index contributed by atoms with van der Waals surface area (Å²) >= 11 is 0. The lowest BCUT2D eigenvalue weighted by atomic mass is 25.7. The smallest absolute Gasteiger partial charge is 0.00534 e. The van der Waals surface area contributed by atoms with Crippen molar-refractivity contribution in [2.45, 2.75) is 0 Å². The quantitative estimate of drug-likeness (QED) is 0.390. The minimum Gasteiger partial charge on any atom is -0.0114 e. The van der Waals surface area contributed by atoms with E-state index in [0.717, 1.165) is 25.7 Å². The molecule has 0 radical (unpaired) electrons. The summed E-state index contributed by atoms with van der Waals surface area (Å²) in [6.07, 6.45) is 0.0532. The molecule has 0 saturated carbocycles. The van der Waals surface area contributed by atoms with Gasteiger partial charge in [0, 0.05) is 0 Å². The monoisotopic (exact) mass is 300 g/mol. The zero-order valence-electron chi connectivity index (χ0n) is 7.78. The summed E-state index contributed by atoms with van der Waals surface area (Å²) in [4.78, 5) is 0. The van der Waals surface area contributed by atoms with E-state index in [0.29, 0.717) is 14.7 Å². The summed E-state index contributed by atoms with van der Waals surface area (Å²) in [6.45, 7) is 0. The Morgan fingerprint density at radius 2 is 1.80 bits per heavy atom. The van der Waals surface area contributed by atoms with Crippen LogP contribution in [0.2, 0.25) is 0 Å². The van der Waals surface area contributed by atoms with Crippen LogP contribution < -0.4 is 0 Å². The predicted molar refractivity (Wildman–Crippen MR) is 85.4 cm³/mol. The highest BCUT2D eigenvalue weighted by molar-refractivity contribution is 8.12. The minimum absolute atomic E-state index is 0.0532. The summed E-state index contributed by atoms with van der Waals surface area (Å²) in [5.74, 6) is 0. The van der Waals surface area contributed by atoms with Gasteiger partial charge in [-0.25, -0.2) is 0 Å². The third-order valence-electron chi connectivity index (χ3n) is 3.57. The van der Waals surface area contributed by atoms with Crippen molar-refractivity contribution in [2.24, 2.45) is 0 Å². The van der Waals surface area contributed by atoms with Crippen LogP contribution in [0.4, 0.5) is 0 Å². The summed E-state index contributed by atoms with van der Waals surface area (Å²) in [6, 6.07) is 0. The first kappa shape index (κ1) is 10.3. The Morgan fingerprint density at radius 1 is 1.20 bits per heavy atom. The molecule has 0 N–H and O–H groups in total. The summed E-state index contributed by atoms with van der Waals surface area (Å²) in [5, 5.41) is 0. The van der Waals surface area contributed by atoms with Gasteiger partial charge in [0.1, 0.15) is 0 Å². The van der Waals surface area contributed by atoms with Crippen LogP contribution >= 0.6 is 0 Å². The second kappa shape index (κ2) is 3.92. The molecule has 10 heteroatoms. The maximum atomic E-state index is 1.85. The van der Waals surface area contributed by atoms with Gasteiger partial charge in [-0.2, -0.15) is 0 Å². The molecule has 60 valence electrons. The highest BCUT2D eigenvalue weighted by atomic mass is 30.5. The largest absolute Gasteiger partial charge is 0.0114 e. The topological polar surface area (TPSA) is 0 Å². The van der Waals surface area contributed by atoms with E-state index >= 15 is 0 Å². The number of rotatable bonds is 0. The molecule has 1 aliphatic heterocycles. The zero-order chi connectivity index (χ0) is 7.78. The molecule has 0 spiro atoms. The van der Waals surface area contributed by atoms with Crippen molar-refractivity contribution in [3.05, 3.63) is 0 Å². The molecule has 0 aromatic carbocycles. The van der Waals surface area contributed by atoms with Gasteiger partial charge in [-0.3, -0.25) is 0 Å². The molecule has 1 fully saturated rings. The Morgan fingerprint density at radius 3 is 2.20 bits per heavy atom. The fraction of sp³-hybridized carbons (Fsp3) is 0. The molecule has 0 aromatic rings. The van der Waals surface area contributed by atoms with Crippen LogP contribution in [0.5, 0.6) is 0 Å². The van der Waals surface area contributed by atoms with E-state index in [1.807, 2.05) is 39.0 Å². The van der Waals surface area contributed by atoms with Crippen molar-refractivity contribution in [1.29, 1.82) is 0 Å². The molecular formula is H20Si10. The third kappa shape index (κ3) is 2.33. The van der Waals surface area contributed by atoms with Gasteiger partial charge in [-0.1, -0.05) is 0 Å². The van der Waals surface area contributed by atoms with Crippen molar-refractivity contribution < 1.29 is 0 Å². The molecule has 1 rings (SSSR count). The van der Waals surface area contributed by atoms with Crippen LogP contribution in [0.25, 0.3) is 0 Å². The van der Waals surface area contributed by atoms with Crippen LogP contribution in [-0.2, 0) is 0 Å². The first-order valence-corrected chi connectivity index (χ1v) is 40.8. The molecule has 0 bridgehead atoms. The Hall–Kier alpha value is 2.17. The van der Waals surface area contributed by atoms with Gasteiger partial charge in [0.15, 0.2) is 0 Å². The van der Waals surface area contributed by atoms with Gasteiger partial charge in [-0.15, -0.1) is 0 Å². The lowest BCUT2D eigenvalue weighted by Gasteiger charge is -2.37. The standard InChI is InChI=1S/H20Si10/c1-8-6-5-7-10(3,4)9(8)2/h8-9H,5-7H2,1-4H3. The molecular weight excluding hydrogens is 281 g/mol. The molecule has 0 nitrogen and oxygen atoms in total. The van der Waals surface area contributed by atoms with Crippen LogP contribution in [0, 0.1) is 0 Å². The van der Waals surface area contributed by atoms with Gasteiger partial charge in [0.25, 0.3) is 0 Å². The van der Waals surface area contributed by atoms with Crippen LogP contribution in [0.15, 0.2) is 0 Å². The molecule has 0 aliphatic carbocycles. The summed E-state index contributed by atoms with van der Waals surface area (Å²) in [7, 11) is 10.8. The van der Waals surface area contributed by atoms with Gasteiger partial charge in [0.05, 0.1) is 0 Å². The first-order chi connectivity index (χ1) is 4.54. The second-order valence-corrected chi connectivity index (χ2v) is 125. The van der Waals surface area contributed by atoms with E-state index in [9.17, 15) is 0 Å². The van der Waals surface area contributed by atoms with Crippen molar-refractivity contribution in [3.63, 3.8) is 0 Å². The maximum Gasteiger partial charge on any atom is -0.00534 e. The average Bonchev–Trinajstić information content (AvgIpc) is 1.83. The molecule has 1 saturated heterocycles. The fourth-order valence-electron chi connectivity index (χ4n) is 2.13. The summed E-state index contributed by atoms with van der Waals surface area (Å²) < 4.78 is 0. The van der Waals surface area contributed by atoms with Gasteiger partial charge in [-0.05, 0) is 85.5 Å². The average molecular weight is 301 g/mol. The van der Waals surface area contributed by atoms with Crippen molar-refractivity contribution in [2.75, 3.05) is 0 Å². The lowest BCUT2D eigenvalue weighted by Crippen LogP contribution is -2.74. The third-order valence-corrected chi connectivity index (χ3v) is 289. The van der Waals surface area contributed by atoms with Gasteiger partial charge in [0.2, 0.25) is 0 Å². The highest BCUT2D eigenvalue weighted by Gasteiger charge is 2.36. The molecule has 2 atom stereocenters. The first-order valence-electron chi connectivity index (χ1n) is 4.54. The van der Waals surface area contributed by atoms with Gasteiger partial charge >= 0.3 is 0 Å². The molecule has 2 unspecified atom stereocenters. The van der Waals surface area contributed by atoms with E-state index < -0.39 is 0 Å². The summed E-state index contributed by atoms with van der Waals surface area (Å²) in [5.41, 5.74) is 0. The Kier molecular flexibility index (Phi) is 4.02. The molecule has 0 amide bonds. The molecule has 0 aromatic heterocycles. The van der Waals surface area contributed by atoms with E-state index in [1.165, 1.54) is 0 Å². The SMILES string of the molecule is [SiH3][SiH]1[SiH2][SiH2][SiH2][Si]([SiH3])([SiH3])[SiH]1[SiH3]. The Labute approximate surface area is 85.0 Å². The van der Waals surface area contributed by atoms with Crippen LogP contribution in [0.1, 0.15) is 0 Å². The van der Waals surface area contributed by atoms with Crippen molar-refractivity contribution in [3.8, 4) is 0 Å². The van der Waals surface area contributed by atoms with E-state index in [1.54, 1.807) is 0 Å². The maximum absolute atomic E-state index is 1.85. The van der Waals surface area contributed by atoms with Crippen molar-refractivity contribution in [1.82, 2.24) is 0 Å². The normalized spacial score (nSPS) is 57.6. The van der Waals surface area contributed by atoms with E-state index in [-0.39, 0.29) is 6.14 Å². The minimum atomic E-state index is 0.0532. The highest BCUT2D eigenvalue weighted by Crippen LogP contribution is 1.99. The second-order valence-electron chi connectivity index (χ2n) is 4.65. The Balaban J connectivity index is 2.60. The fourth-order valence-corrected chi connectivity index (χ4v) is 517. The number of hydrogen-bond acceptors (Lipinski definition) is 0. The van der Waals surface area contributed by atoms with Crippen LogP contribution in [0.3, 0.4) is 0 Å². The van der Waals surface area contributed by atoms with Crippen LogP contribution in [-0.4, -0.2) is 85.5 Å². The Bertz CT molecular complexity index is 113. The lowest BCUT2D eigenvalue weighted by molar-refractivity contribution is 3.39. The molecule has 10 heavy (non-hydrogen) atoms. The molecule has 1 heterocycles.